The zero-order chi connectivity index (χ0) is 19.5. The summed E-state index contributed by atoms with van der Waals surface area (Å²) in [4.78, 5) is 9.77. The van der Waals surface area contributed by atoms with Gasteiger partial charge in [-0.3, -0.25) is 4.99 Å². The van der Waals surface area contributed by atoms with Crippen molar-refractivity contribution in [3.8, 4) is 0 Å². The molecule has 2 heterocycles. The minimum Gasteiger partial charge on any atom is -0.385 e. The number of aliphatic imine (C=N–C) groups is 1. The van der Waals surface area contributed by atoms with Crippen molar-refractivity contribution in [2.45, 2.75) is 50.7 Å². The lowest BCUT2D eigenvalue weighted by Crippen LogP contribution is -2.52. The van der Waals surface area contributed by atoms with Crippen LogP contribution in [0.1, 0.15) is 39.0 Å². The third kappa shape index (κ3) is 7.93. The highest BCUT2D eigenvalue weighted by Crippen LogP contribution is 2.26. The van der Waals surface area contributed by atoms with E-state index in [9.17, 15) is 0 Å². The summed E-state index contributed by atoms with van der Waals surface area (Å²) in [6.07, 6.45) is 5.54. The molecule has 0 spiro atoms. The number of piperidine rings is 1. The van der Waals surface area contributed by atoms with Crippen molar-refractivity contribution < 1.29 is 14.2 Å². The molecule has 2 saturated heterocycles. The molecule has 0 aromatic carbocycles. The topological polar surface area (TPSA) is 58.6 Å². The maximum absolute atomic E-state index is 5.99. The molecule has 2 fully saturated rings. The highest BCUT2D eigenvalue weighted by Gasteiger charge is 2.35. The lowest BCUT2D eigenvalue weighted by Gasteiger charge is -2.42. The molecule has 7 nitrogen and oxygen atoms in total. The van der Waals surface area contributed by atoms with E-state index in [4.69, 9.17) is 19.2 Å². The van der Waals surface area contributed by atoms with Gasteiger partial charge in [0.25, 0.3) is 0 Å². The SMILES string of the molecule is CCNC(=NCC1(N(C)C)CCOCC1)N1CCC(OCCCOC)CC1.I. The number of likely N-dealkylation sites (tertiary alicyclic amines) is 1. The molecule has 8 heteroatoms. The van der Waals surface area contributed by atoms with Crippen molar-refractivity contribution in [1.82, 2.24) is 15.1 Å². The van der Waals surface area contributed by atoms with Crippen molar-refractivity contribution in [2.75, 3.05) is 73.8 Å². The van der Waals surface area contributed by atoms with Crippen molar-refractivity contribution in [3.63, 3.8) is 0 Å². The number of nitrogens with one attached hydrogen (secondary N) is 1. The van der Waals surface area contributed by atoms with E-state index in [1.165, 1.54) is 0 Å². The molecule has 166 valence electrons. The molecule has 28 heavy (non-hydrogen) atoms. The van der Waals surface area contributed by atoms with E-state index in [1.54, 1.807) is 7.11 Å². The van der Waals surface area contributed by atoms with Gasteiger partial charge in [-0.2, -0.15) is 0 Å². The second-order valence-corrected chi connectivity index (χ2v) is 7.80. The van der Waals surface area contributed by atoms with Crippen molar-refractivity contribution in [2.24, 2.45) is 4.99 Å². The molecule has 0 bridgehead atoms. The first-order valence-electron chi connectivity index (χ1n) is 10.5. The number of guanidine groups is 1. The molecule has 0 aromatic rings. The largest absolute Gasteiger partial charge is 0.385 e. The van der Waals surface area contributed by atoms with Gasteiger partial charge in [0.1, 0.15) is 0 Å². The van der Waals surface area contributed by atoms with Crippen LogP contribution in [0.2, 0.25) is 0 Å². The molecule has 0 radical (unpaired) electrons. The Hall–Kier alpha value is -0.160. The summed E-state index contributed by atoms with van der Waals surface area (Å²) in [5.41, 5.74) is 0.113. The first kappa shape index (κ1) is 25.9. The minimum absolute atomic E-state index is 0. The smallest absolute Gasteiger partial charge is 0.193 e. The molecular weight excluding hydrogens is 471 g/mol. The Morgan fingerprint density at radius 2 is 1.89 bits per heavy atom. The maximum Gasteiger partial charge on any atom is 0.193 e. The summed E-state index contributed by atoms with van der Waals surface area (Å²) in [5, 5.41) is 3.49. The second-order valence-electron chi connectivity index (χ2n) is 7.80. The minimum atomic E-state index is 0. The fourth-order valence-corrected chi connectivity index (χ4v) is 3.83. The van der Waals surface area contributed by atoms with E-state index >= 15 is 0 Å². The number of halogens is 1. The molecule has 2 aliphatic rings. The summed E-state index contributed by atoms with van der Waals surface area (Å²) in [6.45, 7) is 9.07. The Morgan fingerprint density at radius 1 is 1.21 bits per heavy atom. The monoisotopic (exact) mass is 512 g/mol. The Labute approximate surface area is 188 Å². The van der Waals surface area contributed by atoms with E-state index in [0.717, 1.165) is 90.7 Å². The molecule has 2 aliphatic heterocycles. The predicted molar refractivity (Wildman–Crippen MR) is 125 cm³/mol. The Balaban J connectivity index is 0.00000392. The van der Waals surface area contributed by atoms with Gasteiger partial charge in [-0.15, -0.1) is 24.0 Å². The van der Waals surface area contributed by atoms with E-state index in [1.807, 2.05) is 0 Å². The van der Waals surface area contributed by atoms with E-state index in [2.05, 4.69) is 36.1 Å². The van der Waals surface area contributed by atoms with Crippen LogP contribution in [-0.2, 0) is 14.2 Å². The third-order valence-corrected chi connectivity index (χ3v) is 5.82. The lowest BCUT2D eigenvalue weighted by atomic mass is 9.89. The number of likely N-dealkylation sites (N-methyl/N-ethyl adjacent to an activating group) is 1. The number of nitrogens with zero attached hydrogens (tertiary/aromatic N) is 3. The molecule has 2 rings (SSSR count). The predicted octanol–water partition coefficient (Wildman–Crippen LogP) is 2.20. The van der Waals surface area contributed by atoms with Crippen molar-refractivity contribution >= 4 is 29.9 Å². The Morgan fingerprint density at radius 3 is 2.46 bits per heavy atom. The van der Waals surface area contributed by atoms with Crippen LogP contribution in [0.4, 0.5) is 0 Å². The average molecular weight is 512 g/mol. The maximum atomic E-state index is 5.99. The zero-order valence-corrected chi connectivity index (χ0v) is 20.6. The highest BCUT2D eigenvalue weighted by atomic mass is 127. The van der Waals surface area contributed by atoms with Crippen LogP contribution in [0, 0.1) is 0 Å². The molecule has 1 N–H and O–H groups in total. The van der Waals surface area contributed by atoms with Gasteiger partial charge in [-0.1, -0.05) is 0 Å². The molecule has 0 aromatic heterocycles. The quantitative estimate of drug-likeness (QED) is 0.221. The van der Waals surface area contributed by atoms with Crippen LogP contribution in [0.3, 0.4) is 0 Å². The second kappa shape index (κ2) is 14.0. The van der Waals surface area contributed by atoms with Crippen molar-refractivity contribution in [1.29, 1.82) is 0 Å². The number of ether oxygens (including phenoxy) is 3. The summed E-state index contributed by atoms with van der Waals surface area (Å²) in [5.74, 6) is 1.04. The first-order chi connectivity index (χ1) is 13.1. The van der Waals surface area contributed by atoms with Gasteiger partial charge in [0.15, 0.2) is 5.96 Å². The fourth-order valence-electron chi connectivity index (χ4n) is 3.83. The van der Waals surface area contributed by atoms with Gasteiger partial charge >= 0.3 is 0 Å². The lowest BCUT2D eigenvalue weighted by molar-refractivity contribution is -0.00305. The summed E-state index contributed by atoms with van der Waals surface area (Å²) >= 11 is 0. The van der Waals surface area contributed by atoms with Gasteiger partial charge in [0.05, 0.1) is 12.6 Å². The zero-order valence-electron chi connectivity index (χ0n) is 18.2. The number of rotatable bonds is 9. The Bertz CT molecular complexity index is 437. The summed E-state index contributed by atoms with van der Waals surface area (Å²) < 4.78 is 16.7. The molecule has 0 unspecified atom stereocenters. The molecule has 0 amide bonds. The summed E-state index contributed by atoms with van der Waals surface area (Å²) in [7, 11) is 6.07. The number of hydrogen-bond acceptors (Lipinski definition) is 5. The van der Waals surface area contributed by atoms with Crippen LogP contribution in [0.15, 0.2) is 4.99 Å². The summed E-state index contributed by atoms with van der Waals surface area (Å²) in [6, 6.07) is 0. The van der Waals surface area contributed by atoms with Crippen LogP contribution in [-0.4, -0.2) is 101 Å². The van der Waals surface area contributed by atoms with E-state index < -0.39 is 0 Å². The third-order valence-electron chi connectivity index (χ3n) is 5.82. The van der Waals surface area contributed by atoms with Crippen molar-refractivity contribution in [3.05, 3.63) is 0 Å². The number of methoxy groups -OCH3 is 1. The van der Waals surface area contributed by atoms with Gasteiger partial charge in [0.2, 0.25) is 0 Å². The standard InChI is InChI=1S/C20H40N4O3.HI/c1-5-21-19(22-17-20(23(2)3)9-15-26-16-10-20)24-11-7-18(8-12-24)27-14-6-13-25-4;/h18H,5-17H2,1-4H3,(H,21,22);1H. The van der Waals surface area contributed by atoms with Crippen LogP contribution in [0.5, 0.6) is 0 Å². The van der Waals surface area contributed by atoms with Crippen LogP contribution < -0.4 is 5.32 Å². The van der Waals surface area contributed by atoms with Crippen LogP contribution >= 0.6 is 24.0 Å². The van der Waals surface area contributed by atoms with Gasteiger partial charge in [-0.05, 0) is 53.1 Å². The molecule has 0 atom stereocenters. The first-order valence-corrected chi connectivity index (χ1v) is 10.5. The molecule has 0 aliphatic carbocycles. The average Bonchev–Trinajstić information content (AvgIpc) is 2.69. The molecular formula is C20H41IN4O3. The normalized spacial score (nSPS) is 20.9. The van der Waals surface area contributed by atoms with E-state index in [-0.39, 0.29) is 29.5 Å². The van der Waals surface area contributed by atoms with Gasteiger partial charge in [0, 0.05) is 58.7 Å². The van der Waals surface area contributed by atoms with Gasteiger partial charge < -0.3 is 29.3 Å². The van der Waals surface area contributed by atoms with Gasteiger partial charge in [-0.25, -0.2) is 0 Å². The molecule has 0 saturated carbocycles. The Kier molecular flexibility index (Phi) is 12.9. The van der Waals surface area contributed by atoms with Crippen LogP contribution in [0.25, 0.3) is 0 Å². The number of hydrogen-bond donors (Lipinski definition) is 1. The highest BCUT2D eigenvalue weighted by molar-refractivity contribution is 14.0. The fraction of sp³-hybridized carbons (Fsp3) is 0.950. The van der Waals surface area contributed by atoms with E-state index in [0.29, 0.717) is 6.10 Å².